The molecule has 0 aliphatic carbocycles. The quantitative estimate of drug-likeness (QED) is 0.531. The van der Waals surface area contributed by atoms with E-state index in [2.05, 4.69) is 21.8 Å². The third kappa shape index (κ3) is 3.43. The van der Waals surface area contributed by atoms with Crippen molar-refractivity contribution in [2.45, 2.75) is 25.2 Å². The van der Waals surface area contributed by atoms with Crippen molar-refractivity contribution < 1.29 is 18.7 Å². The van der Waals surface area contributed by atoms with Gasteiger partial charge in [0.15, 0.2) is 0 Å². The molecule has 2 aromatic heterocycles. The summed E-state index contributed by atoms with van der Waals surface area (Å²) in [7, 11) is -2.95. The summed E-state index contributed by atoms with van der Waals surface area (Å²) in [5.74, 6) is 6.12. The van der Waals surface area contributed by atoms with E-state index in [1.807, 2.05) is 10.8 Å². The van der Waals surface area contributed by atoms with Crippen LogP contribution in [0.2, 0.25) is 0 Å². The van der Waals surface area contributed by atoms with Crippen LogP contribution in [0.15, 0.2) is 12.5 Å². The smallest absolute Gasteiger partial charge is 0.316 e. The number of ether oxygens (including phenoxy) is 1. The van der Waals surface area contributed by atoms with Gasteiger partial charge in [0.05, 0.1) is 30.2 Å². The summed E-state index contributed by atoms with van der Waals surface area (Å²) >= 11 is 0. The van der Waals surface area contributed by atoms with Gasteiger partial charge >= 0.3 is 8.25 Å². The average molecular weight is 351 g/mol. The van der Waals surface area contributed by atoms with Gasteiger partial charge in [-0.3, -0.25) is 4.57 Å². The van der Waals surface area contributed by atoms with Gasteiger partial charge in [0.1, 0.15) is 24.0 Å². The number of anilines is 1. The Morgan fingerprint density at radius 3 is 3.08 bits per heavy atom. The lowest BCUT2D eigenvalue weighted by molar-refractivity contribution is -0.0160. The molecule has 3 heterocycles. The molecule has 1 unspecified atom stereocenters. The summed E-state index contributed by atoms with van der Waals surface area (Å²) in [4.78, 5) is 17.1. The van der Waals surface area contributed by atoms with Crippen LogP contribution in [0.25, 0.3) is 11.0 Å². The highest BCUT2D eigenvalue weighted by Gasteiger charge is 2.29. The standard InChI is InChI=1S/C14H18N5O4P/c15-5-1-2-9-6-19(14-12(9)13(16)17-8-18-14)11-4-3-10(23-11)7-22-24(20)21/h6,8,10-11,24H,3-5,7,15H2,(H,20,21)(H2,16,17,18)/t10-,11+/m0/s1. The van der Waals surface area contributed by atoms with Crippen LogP contribution in [0, 0.1) is 11.8 Å². The summed E-state index contributed by atoms with van der Waals surface area (Å²) in [6, 6.07) is 0. The van der Waals surface area contributed by atoms with Gasteiger partial charge in [-0.1, -0.05) is 11.8 Å². The summed E-state index contributed by atoms with van der Waals surface area (Å²) in [6.45, 7) is 0.320. The van der Waals surface area contributed by atoms with Crippen LogP contribution in [0.1, 0.15) is 24.6 Å². The van der Waals surface area contributed by atoms with E-state index in [0.29, 0.717) is 28.8 Å². The van der Waals surface area contributed by atoms with E-state index in [9.17, 15) is 4.57 Å². The van der Waals surface area contributed by atoms with E-state index in [1.165, 1.54) is 6.33 Å². The summed E-state index contributed by atoms with van der Waals surface area (Å²) in [5, 5.41) is 0.669. The normalized spacial score (nSPS) is 21.6. The van der Waals surface area contributed by atoms with Crippen molar-refractivity contribution in [2.75, 3.05) is 18.9 Å². The molecule has 1 aliphatic rings. The zero-order valence-electron chi connectivity index (χ0n) is 12.8. The third-order valence-electron chi connectivity index (χ3n) is 3.75. The molecule has 0 aromatic carbocycles. The van der Waals surface area contributed by atoms with Gasteiger partial charge in [-0.15, -0.1) is 0 Å². The first-order valence-electron chi connectivity index (χ1n) is 7.41. The second kappa shape index (κ2) is 7.30. The number of hydrogen-bond donors (Lipinski definition) is 3. The van der Waals surface area contributed by atoms with Gasteiger partial charge in [-0.2, -0.15) is 0 Å². The molecule has 10 heteroatoms. The fraction of sp³-hybridized carbons (Fsp3) is 0.429. The fourth-order valence-corrected chi connectivity index (χ4v) is 3.08. The molecule has 1 aliphatic heterocycles. The second-order valence-electron chi connectivity index (χ2n) is 5.28. The Bertz CT molecular complexity index is 828. The minimum atomic E-state index is -2.95. The second-order valence-corrected chi connectivity index (χ2v) is 6.10. The lowest BCUT2D eigenvalue weighted by Crippen LogP contribution is -2.15. The van der Waals surface area contributed by atoms with Gasteiger partial charge in [0, 0.05) is 6.20 Å². The van der Waals surface area contributed by atoms with Crippen LogP contribution in [-0.4, -0.2) is 38.7 Å². The molecule has 0 saturated carbocycles. The highest BCUT2D eigenvalue weighted by Crippen LogP contribution is 2.34. The number of rotatable bonds is 4. The highest BCUT2D eigenvalue weighted by atomic mass is 31.1. The van der Waals surface area contributed by atoms with Gasteiger partial charge in [-0.05, 0) is 12.8 Å². The van der Waals surface area contributed by atoms with Crippen LogP contribution in [0.5, 0.6) is 0 Å². The van der Waals surface area contributed by atoms with Gasteiger partial charge in [0.25, 0.3) is 0 Å². The number of nitrogens with two attached hydrogens (primary N) is 2. The predicted molar refractivity (Wildman–Crippen MR) is 88.2 cm³/mol. The molecule has 1 saturated heterocycles. The average Bonchev–Trinajstić information content (AvgIpc) is 3.16. The van der Waals surface area contributed by atoms with Gasteiger partial charge < -0.3 is 30.2 Å². The van der Waals surface area contributed by atoms with Crippen LogP contribution in [0.4, 0.5) is 5.82 Å². The molecule has 24 heavy (non-hydrogen) atoms. The first-order chi connectivity index (χ1) is 11.6. The molecule has 3 atom stereocenters. The van der Waals surface area contributed by atoms with Gasteiger partial charge in [-0.25, -0.2) is 9.97 Å². The molecule has 1 fully saturated rings. The molecule has 2 aromatic rings. The molecule has 0 bridgehead atoms. The molecular weight excluding hydrogens is 333 g/mol. The monoisotopic (exact) mass is 351 g/mol. The van der Waals surface area contributed by atoms with E-state index in [0.717, 1.165) is 6.42 Å². The van der Waals surface area contributed by atoms with E-state index in [-0.39, 0.29) is 25.5 Å². The Balaban J connectivity index is 1.90. The molecule has 0 spiro atoms. The minimum Gasteiger partial charge on any atom is -0.383 e. The van der Waals surface area contributed by atoms with E-state index >= 15 is 0 Å². The lowest BCUT2D eigenvalue weighted by atomic mass is 10.2. The van der Waals surface area contributed by atoms with E-state index in [1.54, 1.807) is 0 Å². The summed E-state index contributed by atoms with van der Waals surface area (Å²) < 4.78 is 23.2. The first kappa shape index (κ1) is 16.9. The van der Waals surface area contributed by atoms with Crippen molar-refractivity contribution in [3.8, 4) is 11.8 Å². The number of aromatic nitrogens is 3. The molecule has 0 amide bonds. The Kier molecular flexibility index (Phi) is 5.14. The maximum Gasteiger partial charge on any atom is 0.316 e. The number of hydrogen-bond acceptors (Lipinski definition) is 7. The molecule has 3 rings (SSSR count). The van der Waals surface area contributed by atoms with Crippen LogP contribution < -0.4 is 11.5 Å². The first-order valence-corrected chi connectivity index (χ1v) is 8.67. The Morgan fingerprint density at radius 1 is 1.50 bits per heavy atom. The van der Waals surface area contributed by atoms with E-state index in [4.69, 9.17) is 25.6 Å². The van der Waals surface area contributed by atoms with Crippen molar-refractivity contribution in [3.63, 3.8) is 0 Å². The topological polar surface area (TPSA) is 139 Å². The molecule has 128 valence electrons. The van der Waals surface area contributed by atoms with Crippen molar-refractivity contribution >= 4 is 25.1 Å². The highest BCUT2D eigenvalue weighted by molar-refractivity contribution is 7.32. The van der Waals surface area contributed by atoms with Crippen LogP contribution in [0.3, 0.4) is 0 Å². The van der Waals surface area contributed by atoms with Crippen molar-refractivity contribution in [3.05, 3.63) is 18.1 Å². The third-order valence-corrected chi connectivity index (χ3v) is 4.17. The predicted octanol–water partition coefficient (Wildman–Crippen LogP) is 0.400. The molecule has 0 radical (unpaired) electrons. The summed E-state index contributed by atoms with van der Waals surface area (Å²) in [6.07, 6.45) is 4.13. The molecule has 9 nitrogen and oxygen atoms in total. The Labute approximate surface area is 138 Å². The number of fused-ring (bicyclic) bond motifs is 1. The van der Waals surface area contributed by atoms with E-state index < -0.39 is 8.25 Å². The summed E-state index contributed by atoms with van der Waals surface area (Å²) in [5.41, 5.74) is 12.7. The SMILES string of the molecule is NCC#Cc1cn([C@H]2CC[C@@H](CO[PH](=O)O)O2)c2ncnc(N)c12. The number of nitrogens with zero attached hydrogens (tertiary/aromatic N) is 3. The largest absolute Gasteiger partial charge is 0.383 e. The van der Waals surface area contributed by atoms with Gasteiger partial charge in [0.2, 0.25) is 0 Å². The maximum absolute atomic E-state index is 10.7. The maximum atomic E-state index is 10.7. The fourth-order valence-electron chi connectivity index (χ4n) is 2.75. The zero-order chi connectivity index (χ0) is 17.1. The van der Waals surface area contributed by atoms with Crippen LogP contribution >= 0.6 is 8.25 Å². The lowest BCUT2D eigenvalue weighted by Gasteiger charge is -2.15. The molecular formula is C14H18N5O4P. The zero-order valence-corrected chi connectivity index (χ0v) is 13.8. The molecule has 5 N–H and O–H groups in total. The Hall–Kier alpha value is -1.95. The number of nitrogen functional groups attached to an aromatic ring is 1. The Morgan fingerprint density at radius 2 is 2.33 bits per heavy atom. The minimum absolute atomic E-state index is 0.0843. The van der Waals surface area contributed by atoms with Crippen LogP contribution in [-0.2, 0) is 13.8 Å². The van der Waals surface area contributed by atoms with Crippen molar-refractivity contribution in [1.82, 2.24) is 14.5 Å². The van der Waals surface area contributed by atoms with Crippen molar-refractivity contribution in [1.29, 1.82) is 0 Å². The van der Waals surface area contributed by atoms with Crippen molar-refractivity contribution in [2.24, 2.45) is 5.73 Å².